The Bertz CT molecular complexity index is 564. The first-order valence-corrected chi connectivity index (χ1v) is 7.58. The lowest BCUT2D eigenvalue weighted by atomic mass is 10.2. The first-order valence-electron chi connectivity index (χ1n) is 6.76. The number of aryl methyl sites for hydroxylation is 1. The molecule has 3 rings (SSSR count). The van der Waals surface area contributed by atoms with Crippen LogP contribution in [0.5, 0.6) is 0 Å². The normalized spacial score (nSPS) is 15.0. The van der Waals surface area contributed by atoms with Crippen molar-refractivity contribution in [3.63, 3.8) is 0 Å². The lowest BCUT2D eigenvalue weighted by Gasteiger charge is -2.08. The van der Waals surface area contributed by atoms with Crippen LogP contribution in [-0.2, 0) is 19.5 Å². The van der Waals surface area contributed by atoms with E-state index >= 15 is 0 Å². The molecule has 100 valence electrons. The topological polar surface area (TPSA) is 56.7 Å². The zero-order valence-corrected chi connectivity index (χ0v) is 11.7. The molecule has 0 spiro atoms. The maximum absolute atomic E-state index is 5.79. The van der Waals surface area contributed by atoms with Crippen LogP contribution in [-0.4, -0.2) is 14.8 Å². The molecule has 0 amide bonds. The van der Waals surface area contributed by atoms with Crippen molar-refractivity contribution in [3.8, 4) is 0 Å². The summed E-state index contributed by atoms with van der Waals surface area (Å²) in [4.78, 5) is 1.18. The van der Waals surface area contributed by atoms with Crippen LogP contribution < -0.4 is 5.73 Å². The second kappa shape index (κ2) is 5.75. The molecule has 0 aliphatic carbocycles. The average molecular weight is 274 g/mol. The van der Waals surface area contributed by atoms with Gasteiger partial charge in [0, 0.05) is 24.4 Å². The molecule has 0 atom stereocenters. The van der Waals surface area contributed by atoms with Gasteiger partial charge in [-0.3, -0.25) is 0 Å². The van der Waals surface area contributed by atoms with Gasteiger partial charge in [-0.25, -0.2) is 0 Å². The molecule has 0 saturated heterocycles. The minimum absolute atomic E-state index is 0.560. The van der Waals surface area contributed by atoms with Crippen molar-refractivity contribution in [2.75, 3.05) is 0 Å². The van der Waals surface area contributed by atoms with Crippen LogP contribution in [0.2, 0.25) is 0 Å². The molecule has 5 heteroatoms. The number of nitrogens with zero attached hydrogens (tertiary/aromatic N) is 3. The first kappa shape index (κ1) is 12.7. The van der Waals surface area contributed by atoms with Gasteiger partial charge in [0.25, 0.3) is 0 Å². The van der Waals surface area contributed by atoms with Gasteiger partial charge in [0.1, 0.15) is 5.82 Å². The Kier molecular flexibility index (Phi) is 3.84. The smallest absolute Gasteiger partial charge is 0.196 e. The molecule has 1 aliphatic rings. The summed E-state index contributed by atoms with van der Waals surface area (Å²) in [6.07, 6.45) is 4.78. The van der Waals surface area contributed by atoms with Crippen molar-refractivity contribution in [1.29, 1.82) is 0 Å². The Morgan fingerprint density at radius 2 is 2.05 bits per heavy atom. The molecular formula is C14H18N4S. The lowest BCUT2D eigenvalue weighted by molar-refractivity contribution is 0.591. The van der Waals surface area contributed by atoms with E-state index in [1.165, 1.54) is 29.7 Å². The van der Waals surface area contributed by atoms with Crippen LogP contribution in [0.1, 0.15) is 30.7 Å². The van der Waals surface area contributed by atoms with E-state index in [1.54, 1.807) is 11.8 Å². The highest BCUT2D eigenvalue weighted by Crippen LogP contribution is 2.30. The Balaban J connectivity index is 1.89. The summed E-state index contributed by atoms with van der Waals surface area (Å²) >= 11 is 1.68. The van der Waals surface area contributed by atoms with E-state index in [0.717, 1.165) is 23.9 Å². The highest BCUT2D eigenvalue weighted by Gasteiger charge is 2.16. The van der Waals surface area contributed by atoms with Crippen molar-refractivity contribution in [2.45, 2.75) is 48.8 Å². The van der Waals surface area contributed by atoms with Gasteiger partial charge in [-0.2, -0.15) is 0 Å². The minimum Gasteiger partial charge on any atom is -0.326 e. The molecule has 0 unspecified atom stereocenters. The summed E-state index contributed by atoms with van der Waals surface area (Å²) in [5.41, 5.74) is 6.95. The Morgan fingerprint density at radius 1 is 1.16 bits per heavy atom. The van der Waals surface area contributed by atoms with Crippen molar-refractivity contribution in [3.05, 3.63) is 35.7 Å². The zero-order chi connectivity index (χ0) is 13.1. The Morgan fingerprint density at radius 3 is 2.95 bits per heavy atom. The summed E-state index contributed by atoms with van der Waals surface area (Å²) in [6.45, 7) is 1.60. The summed E-state index contributed by atoms with van der Waals surface area (Å²) < 4.78 is 2.27. The molecule has 1 aliphatic heterocycles. The second-order valence-corrected chi connectivity index (χ2v) is 5.78. The highest BCUT2D eigenvalue weighted by molar-refractivity contribution is 7.99. The van der Waals surface area contributed by atoms with Gasteiger partial charge in [0.05, 0.1) is 0 Å². The molecule has 2 N–H and O–H groups in total. The van der Waals surface area contributed by atoms with Gasteiger partial charge < -0.3 is 10.3 Å². The number of hydrogen-bond acceptors (Lipinski definition) is 4. The molecule has 19 heavy (non-hydrogen) atoms. The van der Waals surface area contributed by atoms with Crippen molar-refractivity contribution >= 4 is 11.8 Å². The van der Waals surface area contributed by atoms with E-state index < -0.39 is 0 Å². The van der Waals surface area contributed by atoms with Crippen LogP contribution in [0.25, 0.3) is 0 Å². The van der Waals surface area contributed by atoms with Crippen LogP contribution in [0.4, 0.5) is 0 Å². The predicted octanol–water partition coefficient (Wildman–Crippen LogP) is 2.61. The zero-order valence-electron chi connectivity index (χ0n) is 10.9. The van der Waals surface area contributed by atoms with Gasteiger partial charge >= 0.3 is 0 Å². The predicted molar refractivity (Wildman–Crippen MR) is 76.0 cm³/mol. The largest absolute Gasteiger partial charge is 0.326 e. The fourth-order valence-electron chi connectivity index (χ4n) is 2.40. The van der Waals surface area contributed by atoms with Crippen LogP contribution >= 0.6 is 11.8 Å². The Labute approximate surface area is 117 Å². The third-order valence-corrected chi connectivity index (χ3v) is 4.57. The van der Waals surface area contributed by atoms with Gasteiger partial charge in [-0.15, -0.1) is 10.2 Å². The fraction of sp³-hybridized carbons (Fsp3) is 0.429. The van der Waals surface area contributed by atoms with E-state index in [-0.39, 0.29) is 0 Å². The lowest BCUT2D eigenvalue weighted by Crippen LogP contribution is -2.03. The maximum Gasteiger partial charge on any atom is 0.196 e. The number of aromatic nitrogens is 3. The molecule has 0 fully saturated rings. The van der Waals surface area contributed by atoms with Gasteiger partial charge in [0.15, 0.2) is 5.16 Å². The minimum atomic E-state index is 0.560. The summed E-state index contributed by atoms with van der Waals surface area (Å²) in [6, 6.07) is 8.24. The number of nitrogens with two attached hydrogens (primary N) is 1. The van der Waals surface area contributed by atoms with Crippen LogP contribution in [0, 0.1) is 0 Å². The van der Waals surface area contributed by atoms with Gasteiger partial charge in [-0.05, 0) is 36.2 Å². The van der Waals surface area contributed by atoms with Crippen LogP contribution in [0.3, 0.4) is 0 Å². The van der Waals surface area contributed by atoms with Crippen molar-refractivity contribution in [2.24, 2.45) is 5.73 Å². The first-order chi connectivity index (χ1) is 9.38. The maximum atomic E-state index is 5.79. The standard InChI is InChI=1S/C14H18N4S/c15-10-11-6-3-4-7-12(11)19-14-17-16-13-8-2-1-5-9-18(13)14/h3-4,6-7H,1-2,5,8-10,15H2. The fourth-order valence-corrected chi connectivity index (χ4v) is 3.42. The molecule has 1 aromatic heterocycles. The third kappa shape index (κ3) is 2.67. The van der Waals surface area contributed by atoms with E-state index in [4.69, 9.17) is 5.73 Å². The summed E-state index contributed by atoms with van der Waals surface area (Å²) in [5.74, 6) is 1.13. The number of benzene rings is 1. The molecule has 0 bridgehead atoms. The number of fused-ring (bicyclic) bond motifs is 1. The summed E-state index contributed by atoms with van der Waals surface area (Å²) in [7, 11) is 0. The molecular weight excluding hydrogens is 256 g/mol. The molecule has 0 saturated carbocycles. The Hall–Kier alpha value is -1.33. The van der Waals surface area contributed by atoms with Gasteiger partial charge in [-0.1, -0.05) is 24.6 Å². The van der Waals surface area contributed by atoms with Gasteiger partial charge in [0.2, 0.25) is 0 Å². The SMILES string of the molecule is NCc1ccccc1Sc1nnc2n1CCCCC2. The summed E-state index contributed by atoms with van der Waals surface area (Å²) in [5, 5.41) is 9.67. The molecule has 0 radical (unpaired) electrons. The van der Waals surface area contributed by atoms with Crippen LogP contribution in [0.15, 0.2) is 34.3 Å². The quantitative estimate of drug-likeness (QED) is 0.934. The van der Waals surface area contributed by atoms with E-state index in [0.29, 0.717) is 6.54 Å². The monoisotopic (exact) mass is 274 g/mol. The third-order valence-electron chi connectivity index (χ3n) is 3.47. The molecule has 2 heterocycles. The highest BCUT2D eigenvalue weighted by atomic mass is 32.2. The molecule has 4 nitrogen and oxygen atoms in total. The molecule has 2 aromatic rings. The van der Waals surface area contributed by atoms with E-state index in [1.807, 2.05) is 12.1 Å². The van der Waals surface area contributed by atoms with Crippen molar-refractivity contribution in [1.82, 2.24) is 14.8 Å². The van der Waals surface area contributed by atoms with Crippen molar-refractivity contribution < 1.29 is 0 Å². The second-order valence-electron chi connectivity index (χ2n) is 4.78. The number of rotatable bonds is 3. The molecule has 1 aromatic carbocycles. The average Bonchev–Trinajstić information content (AvgIpc) is 2.68. The van der Waals surface area contributed by atoms with E-state index in [2.05, 4.69) is 26.9 Å². The van der Waals surface area contributed by atoms with E-state index in [9.17, 15) is 0 Å². The number of hydrogen-bond donors (Lipinski definition) is 1.